The van der Waals surface area contributed by atoms with Gasteiger partial charge in [0.15, 0.2) is 0 Å². The molecule has 2 aromatic rings. The number of hydrogen-bond acceptors (Lipinski definition) is 4. The lowest BCUT2D eigenvalue weighted by atomic mass is 9.95. The molecule has 1 aliphatic heterocycles. The summed E-state index contributed by atoms with van der Waals surface area (Å²) in [6, 6.07) is 9.46. The van der Waals surface area contributed by atoms with Crippen LogP contribution in [-0.4, -0.2) is 41.5 Å². The van der Waals surface area contributed by atoms with Crippen LogP contribution in [0.2, 0.25) is 10.0 Å². The monoisotopic (exact) mass is 446 g/mol. The Kier molecular flexibility index (Phi) is 6.81. The highest BCUT2D eigenvalue weighted by Crippen LogP contribution is 2.36. The van der Waals surface area contributed by atoms with E-state index >= 15 is 0 Å². The number of amides is 1. The van der Waals surface area contributed by atoms with E-state index in [1.165, 1.54) is 45.0 Å². The Morgan fingerprint density at radius 1 is 1.13 bits per heavy atom. The van der Waals surface area contributed by atoms with Gasteiger partial charge in [-0.25, -0.2) is 4.98 Å². The molecule has 5 nitrogen and oxygen atoms in total. The third-order valence-electron chi connectivity index (χ3n) is 6.31. The van der Waals surface area contributed by atoms with Gasteiger partial charge in [-0.05, 0) is 87.9 Å². The van der Waals surface area contributed by atoms with Crippen LogP contribution >= 0.6 is 23.2 Å². The number of carbonyl (C=O) groups excluding carboxylic acids is 1. The Labute approximate surface area is 188 Å². The first-order valence-electron chi connectivity index (χ1n) is 10.7. The number of hydrogen-bond donors (Lipinski definition) is 2. The van der Waals surface area contributed by atoms with E-state index in [1.807, 2.05) is 6.07 Å². The number of piperidine rings is 1. The fourth-order valence-electron chi connectivity index (χ4n) is 4.19. The minimum Gasteiger partial charge on any atom is -0.384 e. The van der Waals surface area contributed by atoms with Gasteiger partial charge >= 0.3 is 0 Å². The minimum absolute atomic E-state index is 0.247. The van der Waals surface area contributed by atoms with E-state index in [1.54, 1.807) is 24.3 Å². The summed E-state index contributed by atoms with van der Waals surface area (Å²) in [5, 5.41) is 7.35. The average molecular weight is 447 g/mol. The molecule has 0 radical (unpaired) electrons. The van der Waals surface area contributed by atoms with E-state index < -0.39 is 0 Å². The van der Waals surface area contributed by atoms with Gasteiger partial charge in [0.1, 0.15) is 5.82 Å². The molecular formula is C23H28Cl2N4O. The van der Waals surface area contributed by atoms with Crippen molar-refractivity contribution in [2.45, 2.75) is 38.6 Å². The molecule has 2 fully saturated rings. The van der Waals surface area contributed by atoms with Gasteiger partial charge in [0.2, 0.25) is 0 Å². The Bertz CT molecular complexity index is 877. The lowest BCUT2D eigenvalue weighted by Crippen LogP contribution is -2.42. The van der Waals surface area contributed by atoms with E-state index in [4.69, 9.17) is 23.2 Å². The molecule has 2 N–H and O–H groups in total. The summed E-state index contributed by atoms with van der Waals surface area (Å²) < 4.78 is 0. The van der Waals surface area contributed by atoms with Crippen LogP contribution < -0.4 is 10.6 Å². The molecule has 1 atom stereocenters. The fraction of sp³-hybridized carbons (Fsp3) is 0.478. The molecule has 1 saturated carbocycles. The first kappa shape index (κ1) is 21.4. The maximum atomic E-state index is 12.8. The molecule has 160 valence electrons. The molecular weight excluding hydrogens is 419 g/mol. The maximum absolute atomic E-state index is 12.8. The summed E-state index contributed by atoms with van der Waals surface area (Å²) in [7, 11) is 0. The van der Waals surface area contributed by atoms with Gasteiger partial charge in [-0.15, -0.1) is 0 Å². The molecule has 1 unspecified atom stereocenters. The lowest BCUT2D eigenvalue weighted by molar-refractivity contribution is 0.102. The van der Waals surface area contributed by atoms with Crippen LogP contribution in [0.1, 0.15) is 43.0 Å². The normalized spacial score (nSPS) is 18.8. The van der Waals surface area contributed by atoms with Crippen molar-refractivity contribution in [2.24, 2.45) is 11.8 Å². The molecule has 1 aromatic carbocycles. The molecule has 1 aromatic heterocycles. The summed E-state index contributed by atoms with van der Waals surface area (Å²) in [5.74, 6) is 1.73. The maximum Gasteiger partial charge on any atom is 0.258 e. The van der Waals surface area contributed by atoms with E-state index in [2.05, 4.69) is 27.4 Å². The summed E-state index contributed by atoms with van der Waals surface area (Å²) in [6.07, 6.45) is 6.68. The Balaban J connectivity index is 1.35. The quantitative estimate of drug-likeness (QED) is 0.583. The van der Waals surface area contributed by atoms with E-state index in [9.17, 15) is 4.79 Å². The van der Waals surface area contributed by atoms with Crippen molar-refractivity contribution in [3.05, 3.63) is 52.1 Å². The SMILES string of the molecule is CC(C1CC1)N1CCC(CNc2ccc(Cl)cc2C(=O)Nc2ccc(Cl)cn2)CC1. The van der Waals surface area contributed by atoms with E-state index in [-0.39, 0.29) is 5.91 Å². The van der Waals surface area contributed by atoms with Gasteiger partial charge in [0.05, 0.1) is 10.6 Å². The molecule has 4 rings (SSSR count). The molecule has 2 heterocycles. The number of pyridine rings is 1. The highest BCUT2D eigenvalue weighted by Gasteiger charge is 2.33. The predicted molar refractivity (Wildman–Crippen MR) is 124 cm³/mol. The number of carbonyl (C=O) groups is 1. The van der Waals surface area contributed by atoms with Crippen LogP contribution in [0.15, 0.2) is 36.5 Å². The summed E-state index contributed by atoms with van der Waals surface area (Å²) in [5.41, 5.74) is 1.30. The van der Waals surface area contributed by atoms with E-state index in [0.717, 1.165) is 24.2 Å². The Morgan fingerprint density at radius 2 is 1.87 bits per heavy atom. The lowest BCUT2D eigenvalue weighted by Gasteiger charge is -2.36. The second kappa shape index (κ2) is 9.54. The van der Waals surface area contributed by atoms with Gasteiger partial charge in [0.25, 0.3) is 5.91 Å². The van der Waals surface area contributed by atoms with Crippen molar-refractivity contribution in [1.82, 2.24) is 9.88 Å². The van der Waals surface area contributed by atoms with Gasteiger partial charge < -0.3 is 15.5 Å². The molecule has 2 aliphatic rings. The minimum atomic E-state index is -0.247. The van der Waals surface area contributed by atoms with Crippen molar-refractivity contribution < 1.29 is 4.79 Å². The number of nitrogens with zero attached hydrogens (tertiary/aromatic N) is 2. The number of likely N-dealkylation sites (tertiary alicyclic amines) is 1. The number of aromatic nitrogens is 1. The topological polar surface area (TPSA) is 57.3 Å². The fourth-order valence-corrected chi connectivity index (χ4v) is 4.47. The zero-order valence-corrected chi connectivity index (χ0v) is 18.7. The van der Waals surface area contributed by atoms with Crippen LogP contribution in [0.4, 0.5) is 11.5 Å². The number of nitrogens with one attached hydrogen (secondary N) is 2. The number of rotatable bonds is 7. The van der Waals surface area contributed by atoms with Crippen LogP contribution in [-0.2, 0) is 0 Å². The van der Waals surface area contributed by atoms with Crippen molar-refractivity contribution in [2.75, 3.05) is 30.3 Å². The first-order chi connectivity index (χ1) is 14.5. The molecule has 0 spiro atoms. The second-order valence-electron chi connectivity index (χ2n) is 8.44. The summed E-state index contributed by atoms with van der Waals surface area (Å²) in [4.78, 5) is 19.6. The number of benzene rings is 1. The van der Waals surface area contributed by atoms with Crippen LogP contribution in [0.5, 0.6) is 0 Å². The largest absolute Gasteiger partial charge is 0.384 e. The zero-order valence-electron chi connectivity index (χ0n) is 17.2. The van der Waals surface area contributed by atoms with E-state index in [0.29, 0.717) is 27.3 Å². The van der Waals surface area contributed by atoms with Crippen LogP contribution in [0.25, 0.3) is 0 Å². The highest BCUT2D eigenvalue weighted by atomic mass is 35.5. The van der Waals surface area contributed by atoms with Crippen molar-refractivity contribution in [3.8, 4) is 0 Å². The zero-order chi connectivity index (χ0) is 21.1. The molecule has 1 saturated heterocycles. The Hall–Kier alpha value is -1.82. The van der Waals surface area contributed by atoms with Crippen LogP contribution in [0.3, 0.4) is 0 Å². The first-order valence-corrected chi connectivity index (χ1v) is 11.5. The summed E-state index contributed by atoms with van der Waals surface area (Å²) >= 11 is 12.0. The molecule has 0 bridgehead atoms. The smallest absolute Gasteiger partial charge is 0.258 e. The number of anilines is 2. The van der Waals surface area contributed by atoms with Crippen molar-refractivity contribution in [3.63, 3.8) is 0 Å². The molecule has 30 heavy (non-hydrogen) atoms. The van der Waals surface area contributed by atoms with Crippen molar-refractivity contribution in [1.29, 1.82) is 0 Å². The van der Waals surface area contributed by atoms with Gasteiger partial charge in [-0.1, -0.05) is 23.2 Å². The number of halogens is 2. The third kappa shape index (κ3) is 5.45. The third-order valence-corrected chi connectivity index (χ3v) is 6.76. The average Bonchev–Trinajstić information content (AvgIpc) is 3.60. The highest BCUT2D eigenvalue weighted by molar-refractivity contribution is 6.31. The van der Waals surface area contributed by atoms with Crippen molar-refractivity contribution >= 4 is 40.6 Å². The standard InChI is InChI=1S/C23H28Cl2N4O/c1-15(17-2-3-17)29-10-8-16(9-11-29)13-26-21-6-4-18(24)12-20(21)23(30)28-22-7-5-19(25)14-27-22/h4-7,12,14-17,26H,2-3,8-11,13H2,1H3,(H,27,28,30). The second-order valence-corrected chi connectivity index (χ2v) is 9.32. The predicted octanol–water partition coefficient (Wildman–Crippen LogP) is 5.56. The van der Waals surface area contributed by atoms with Gasteiger partial charge in [-0.2, -0.15) is 0 Å². The molecule has 1 aliphatic carbocycles. The van der Waals surface area contributed by atoms with Gasteiger partial charge in [0, 0.05) is 29.5 Å². The Morgan fingerprint density at radius 3 is 2.53 bits per heavy atom. The summed E-state index contributed by atoms with van der Waals surface area (Å²) in [6.45, 7) is 5.57. The van der Waals surface area contributed by atoms with Gasteiger partial charge in [-0.3, -0.25) is 4.79 Å². The molecule has 1 amide bonds. The van der Waals surface area contributed by atoms with Crippen LogP contribution in [0, 0.1) is 11.8 Å². The molecule has 7 heteroatoms.